The summed E-state index contributed by atoms with van der Waals surface area (Å²) in [4.78, 5) is 0. The van der Waals surface area contributed by atoms with Crippen LogP contribution in [0.1, 0.15) is 6.92 Å². The highest BCUT2D eigenvalue weighted by Gasteiger charge is 2.30. The molecule has 1 radical (unpaired) electrons. The average molecular weight is 267 g/mol. The van der Waals surface area contributed by atoms with Gasteiger partial charge in [-0.2, -0.15) is 26.3 Å². The van der Waals surface area contributed by atoms with Gasteiger partial charge in [0.05, 0.1) is 12.7 Å². The van der Waals surface area contributed by atoms with Crippen LogP contribution in [0.3, 0.4) is 0 Å². The normalized spacial score (nSPS) is 16.9. The van der Waals surface area contributed by atoms with E-state index in [4.69, 9.17) is 0 Å². The van der Waals surface area contributed by atoms with Gasteiger partial charge in [0.25, 0.3) is 0 Å². The molecule has 0 aliphatic rings. The topological polar surface area (TPSA) is 18.5 Å². The second kappa shape index (κ2) is 6.44. The maximum atomic E-state index is 11.8. The van der Waals surface area contributed by atoms with Crippen molar-refractivity contribution in [2.75, 3.05) is 19.8 Å². The zero-order chi connectivity index (χ0) is 13.7. The van der Waals surface area contributed by atoms with Gasteiger partial charge in [-0.3, -0.25) is 0 Å². The maximum Gasteiger partial charge on any atom is 0.411 e. The molecule has 8 heteroatoms. The maximum absolute atomic E-state index is 11.8. The third-order valence-electron chi connectivity index (χ3n) is 1.74. The third kappa shape index (κ3) is 10.4. The van der Waals surface area contributed by atoms with Gasteiger partial charge in [-0.25, -0.2) is 0 Å². The fourth-order valence-corrected chi connectivity index (χ4v) is 0.834. The number of hydrogen-bond donors (Lipinski definition) is 0. The molecule has 0 heterocycles. The van der Waals surface area contributed by atoms with Crippen LogP contribution in [0.4, 0.5) is 26.3 Å². The SMILES string of the molecule is [CH2]C(OCC(F)(F)F)C(C)COCC(F)(F)F. The van der Waals surface area contributed by atoms with Gasteiger partial charge < -0.3 is 9.47 Å². The minimum absolute atomic E-state index is 0.370. The van der Waals surface area contributed by atoms with Crippen LogP contribution in [0.25, 0.3) is 0 Å². The van der Waals surface area contributed by atoms with Gasteiger partial charge in [0.1, 0.15) is 13.2 Å². The van der Waals surface area contributed by atoms with Crippen molar-refractivity contribution in [1.29, 1.82) is 0 Å². The van der Waals surface area contributed by atoms with Crippen molar-refractivity contribution in [3.63, 3.8) is 0 Å². The Morgan fingerprint density at radius 2 is 1.47 bits per heavy atom. The van der Waals surface area contributed by atoms with Crippen LogP contribution in [0.15, 0.2) is 0 Å². The highest BCUT2D eigenvalue weighted by Crippen LogP contribution is 2.19. The summed E-state index contributed by atoms with van der Waals surface area (Å²) in [5.41, 5.74) is 0. The van der Waals surface area contributed by atoms with E-state index in [1.807, 2.05) is 0 Å². The van der Waals surface area contributed by atoms with Gasteiger partial charge in [0, 0.05) is 5.92 Å². The first-order chi connectivity index (χ1) is 7.51. The fourth-order valence-electron chi connectivity index (χ4n) is 0.834. The van der Waals surface area contributed by atoms with Crippen molar-refractivity contribution in [1.82, 2.24) is 0 Å². The van der Waals surface area contributed by atoms with E-state index in [-0.39, 0.29) is 6.61 Å². The fraction of sp³-hybridized carbons (Fsp3) is 0.889. The number of halogens is 6. The molecule has 0 aromatic rings. The molecular weight excluding hydrogens is 254 g/mol. The third-order valence-corrected chi connectivity index (χ3v) is 1.74. The molecule has 2 nitrogen and oxygen atoms in total. The Morgan fingerprint density at radius 3 is 1.88 bits per heavy atom. The standard InChI is InChI=1S/C9H13F6O2/c1-6(3-16-4-8(10,11)12)7(2)17-5-9(13,14)15/h6-7H,2-5H2,1H3. The molecular formula is C9H13F6O2. The summed E-state index contributed by atoms with van der Waals surface area (Å²) in [6.07, 6.45) is -10.0. The molecule has 0 aromatic carbocycles. The van der Waals surface area contributed by atoms with E-state index in [1.165, 1.54) is 6.92 Å². The van der Waals surface area contributed by atoms with E-state index in [9.17, 15) is 26.3 Å². The number of rotatable bonds is 6. The number of ether oxygens (including phenoxy) is 2. The van der Waals surface area contributed by atoms with E-state index in [0.29, 0.717) is 0 Å². The largest absolute Gasteiger partial charge is 0.411 e. The molecule has 0 bridgehead atoms. The van der Waals surface area contributed by atoms with Crippen molar-refractivity contribution in [2.45, 2.75) is 25.4 Å². The monoisotopic (exact) mass is 267 g/mol. The second-order valence-corrected chi connectivity index (χ2v) is 3.57. The molecule has 0 saturated carbocycles. The van der Waals surface area contributed by atoms with Crippen molar-refractivity contribution >= 4 is 0 Å². The quantitative estimate of drug-likeness (QED) is 0.689. The van der Waals surface area contributed by atoms with E-state index in [0.717, 1.165) is 0 Å². The molecule has 0 rings (SSSR count). The highest BCUT2D eigenvalue weighted by atomic mass is 19.4. The van der Waals surface area contributed by atoms with Gasteiger partial charge in [0.15, 0.2) is 0 Å². The Bertz CT molecular complexity index is 213. The molecule has 0 amide bonds. The highest BCUT2D eigenvalue weighted by molar-refractivity contribution is 4.69. The number of hydrogen-bond acceptors (Lipinski definition) is 2. The summed E-state index contributed by atoms with van der Waals surface area (Å²) in [5, 5.41) is 0. The molecule has 2 unspecified atom stereocenters. The molecule has 0 fully saturated rings. The minimum Gasteiger partial charge on any atom is -0.372 e. The van der Waals surface area contributed by atoms with Gasteiger partial charge in [-0.05, 0) is 6.92 Å². The molecule has 0 spiro atoms. The molecule has 0 aliphatic carbocycles. The van der Waals surface area contributed by atoms with Gasteiger partial charge in [-0.1, -0.05) is 6.92 Å². The van der Waals surface area contributed by atoms with Crippen LogP contribution < -0.4 is 0 Å². The zero-order valence-corrected chi connectivity index (χ0v) is 9.07. The summed E-state index contributed by atoms with van der Waals surface area (Å²) in [6.45, 7) is 1.37. The Balaban J connectivity index is 3.79. The molecule has 2 atom stereocenters. The van der Waals surface area contributed by atoms with Gasteiger partial charge >= 0.3 is 12.4 Å². The molecule has 0 saturated heterocycles. The van der Waals surface area contributed by atoms with Gasteiger partial charge in [0.2, 0.25) is 0 Å². The average Bonchev–Trinajstić information content (AvgIpc) is 2.10. The lowest BCUT2D eigenvalue weighted by molar-refractivity contribution is -0.193. The molecule has 0 N–H and O–H groups in total. The van der Waals surface area contributed by atoms with Crippen LogP contribution in [-0.4, -0.2) is 38.3 Å². The van der Waals surface area contributed by atoms with Crippen molar-refractivity contribution < 1.29 is 35.8 Å². The number of alkyl halides is 6. The van der Waals surface area contributed by atoms with E-state index >= 15 is 0 Å². The van der Waals surface area contributed by atoms with Gasteiger partial charge in [-0.15, -0.1) is 0 Å². The predicted octanol–water partition coefficient (Wildman–Crippen LogP) is 2.98. The summed E-state index contributed by atoms with van der Waals surface area (Å²) >= 11 is 0. The zero-order valence-electron chi connectivity index (χ0n) is 9.07. The first-order valence-electron chi connectivity index (χ1n) is 4.67. The van der Waals surface area contributed by atoms with Crippen molar-refractivity contribution in [3.8, 4) is 0 Å². The Labute approximate surface area is 94.9 Å². The molecule has 0 aliphatic heterocycles. The van der Waals surface area contributed by atoms with E-state index in [2.05, 4.69) is 16.4 Å². The van der Waals surface area contributed by atoms with Crippen LogP contribution in [0.5, 0.6) is 0 Å². The summed E-state index contributed by atoms with van der Waals surface area (Å²) in [5.74, 6) is -0.667. The molecule has 103 valence electrons. The first kappa shape index (κ1) is 16.5. The van der Waals surface area contributed by atoms with Crippen LogP contribution in [0, 0.1) is 12.8 Å². The smallest absolute Gasteiger partial charge is 0.372 e. The van der Waals surface area contributed by atoms with Crippen molar-refractivity contribution in [2.24, 2.45) is 5.92 Å². The first-order valence-corrected chi connectivity index (χ1v) is 4.67. The lowest BCUT2D eigenvalue weighted by Gasteiger charge is -2.21. The summed E-state index contributed by atoms with van der Waals surface area (Å²) < 4.78 is 79.0. The Hall–Kier alpha value is -0.500. The molecule has 0 aromatic heterocycles. The van der Waals surface area contributed by atoms with Crippen LogP contribution >= 0.6 is 0 Å². The second-order valence-electron chi connectivity index (χ2n) is 3.57. The van der Waals surface area contributed by atoms with Crippen LogP contribution in [-0.2, 0) is 9.47 Å². The summed E-state index contributed by atoms with van der Waals surface area (Å²) in [7, 11) is 0. The van der Waals surface area contributed by atoms with Crippen molar-refractivity contribution in [3.05, 3.63) is 6.92 Å². The van der Waals surface area contributed by atoms with E-state index in [1.54, 1.807) is 0 Å². The summed E-state index contributed by atoms with van der Waals surface area (Å²) in [6, 6.07) is 0. The minimum atomic E-state index is -4.48. The van der Waals surface area contributed by atoms with Crippen LogP contribution in [0.2, 0.25) is 0 Å². The Kier molecular flexibility index (Phi) is 6.25. The predicted molar refractivity (Wildman–Crippen MR) is 47.2 cm³/mol. The van der Waals surface area contributed by atoms with E-state index < -0.39 is 37.6 Å². The Morgan fingerprint density at radius 1 is 1.00 bits per heavy atom. The lowest BCUT2D eigenvalue weighted by Crippen LogP contribution is -2.29. The lowest BCUT2D eigenvalue weighted by atomic mass is 10.1. The molecule has 17 heavy (non-hydrogen) atoms.